The number of hydrogen-bond acceptors (Lipinski definition) is 3. The van der Waals surface area contributed by atoms with Crippen molar-refractivity contribution in [1.82, 2.24) is 5.32 Å². The first-order valence-electron chi connectivity index (χ1n) is 2.74. The molecular formula is C4H8N4S. The van der Waals surface area contributed by atoms with Crippen molar-refractivity contribution in [2.75, 3.05) is 6.54 Å². The van der Waals surface area contributed by atoms with Gasteiger partial charge in [0.05, 0.1) is 0 Å². The minimum atomic E-state index is 0.0301. The summed E-state index contributed by atoms with van der Waals surface area (Å²) in [5, 5.41) is 10.8. The van der Waals surface area contributed by atoms with E-state index in [1.165, 1.54) is 0 Å². The number of thiocarbonyl (C=S) groups is 1. The van der Waals surface area contributed by atoms with Gasteiger partial charge < -0.3 is 11.1 Å². The average Bonchev–Trinajstić information content (AvgIpc) is 2.17. The molecule has 9 heavy (non-hydrogen) atoms. The molecule has 1 atom stereocenters. The predicted molar refractivity (Wildman–Crippen MR) is 38.0 cm³/mol. The summed E-state index contributed by atoms with van der Waals surface area (Å²) in [4.78, 5) is 0. The van der Waals surface area contributed by atoms with Crippen LogP contribution in [0.2, 0.25) is 0 Å². The van der Waals surface area contributed by atoms with E-state index >= 15 is 0 Å². The third-order valence-corrected chi connectivity index (χ3v) is 1.22. The van der Waals surface area contributed by atoms with Gasteiger partial charge in [0.2, 0.25) is 5.11 Å². The number of rotatable bonds is 2. The predicted octanol–water partition coefficient (Wildman–Crippen LogP) is 0.00160. The van der Waals surface area contributed by atoms with Crippen molar-refractivity contribution in [3.8, 4) is 0 Å². The number of nitrogens with zero attached hydrogens (tertiary/aromatic N) is 2. The molecule has 1 aliphatic heterocycles. The fraction of sp³-hybridized carbons (Fsp3) is 0.750. The first-order chi connectivity index (χ1) is 4.33. The Morgan fingerprint density at radius 2 is 2.56 bits per heavy atom. The highest BCUT2D eigenvalue weighted by Gasteiger charge is 2.12. The van der Waals surface area contributed by atoms with Gasteiger partial charge in [0.25, 0.3) is 0 Å². The van der Waals surface area contributed by atoms with Crippen LogP contribution in [0.15, 0.2) is 10.2 Å². The Morgan fingerprint density at radius 3 is 3.00 bits per heavy atom. The second-order valence-electron chi connectivity index (χ2n) is 1.76. The Labute approximate surface area is 58.5 Å². The van der Waals surface area contributed by atoms with Crippen LogP contribution in [-0.2, 0) is 0 Å². The van der Waals surface area contributed by atoms with Crippen LogP contribution >= 0.6 is 12.2 Å². The van der Waals surface area contributed by atoms with Gasteiger partial charge in [-0.25, -0.2) is 0 Å². The molecule has 1 unspecified atom stereocenters. The Hall–Kier alpha value is -0.550. The molecule has 0 amide bonds. The van der Waals surface area contributed by atoms with Crippen LogP contribution < -0.4 is 11.1 Å². The van der Waals surface area contributed by atoms with Crippen molar-refractivity contribution in [3.63, 3.8) is 0 Å². The quantitative estimate of drug-likeness (QED) is 0.536. The molecule has 0 aromatic carbocycles. The van der Waals surface area contributed by atoms with E-state index < -0.39 is 0 Å². The lowest BCUT2D eigenvalue weighted by molar-refractivity contribution is 0.604. The van der Waals surface area contributed by atoms with Crippen LogP contribution in [0.1, 0.15) is 6.42 Å². The third kappa shape index (κ3) is 1.69. The van der Waals surface area contributed by atoms with Crippen molar-refractivity contribution in [1.29, 1.82) is 0 Å². The lowest BCUT2D eigenvalue weighted by Crippen LogP contribution is -2.27. The molecule has 1 aliphatic rings. The van der Waals surface area contributed by atoms with Gasteiger partial charge in [-0.05, 0) is 18.8 Å². The summed E-state index contributed by atoms with van der Waals surface area (Å²) in [6, 6.07) is 0. The average molecular weight is 144 g/mol. The van der Waals surface area contributed by atoms with Crippen LogP contribution in [0.25, 0.3) is 0 Å². The second-order valence-corrected chi connectivity index (χ2v) is 2.14. The largest absolute Gasteiger partial charge is 0.336 e. The van der Waals surface area contributed by atoms with Crippen LogP contribution in [-0.4, -0.2) is 17.8 Å². The highest BCUT2D eigenvalue weighted by molar-refractivity contribution is 7.80. The van der Waals surface area contributed by atoms with Crippen molar-refractivity contribution in [2.24, 2.45) is 16.0 Å². The van der Waals surface area contributed by atoms with Crippen molar-refractivity contribution in [3.05, 3.63) is 0 Å². The highest BCUT2D eigenvalue weighted by Crippen LogP contribution is 2.01. The fourth-order valence-corrected chi connectivity index (χ4v) is 0.793. The monoisotopic (exact) mass is 144 g/mol. The van der Waals surface area contributed by atoms with E-state index in [1.54, 1.807) is 0 Å². The Balaban J connectivity index is 2.32. The number of nitrogens with one attached hydrogen (secondary N) is 1. The normalized spacial score (nSPS) is 24.6. The summed E-state index contributed by atoms with van der Waals surface area (Å²) >= 11 is 4.70. The summed E-state index contributed by atoms with van der Waals surface area (Å²) in [5.74, 6) is 0. The molecule has 1 heterocycles. The van der Waals surface area contributed by atoms with Gasteiger partial charge in [-0.3, -0.25) is 0 Å². The molecule has 0 saturated heterocycles. The maximum absolute atomic E-state index is 5.27. The van der Waals surface area contributed by atoms with E-state index in [0.717, 1.165) is 6.42 Å². The van der Waals surface area contributed by atoms with Crippen molar-refractivity contribution < 1.29 is 0 Å². The molecule has 5 heteroatoms. The summed E-state index contributed by atoms with van der Waals surface area (Å²) < 4.78 is 0. The van der Waals surface area contributed by atoms with Gasteiger partial charge in [0.1, 0.15) is 6.17 Å². The summed E-state index contributed by atoms with van der Waals surface area (Å²) in [5.41, 5.74) is 5.27. The van der Waals surface area contributed by atoms with Gasteiger partial charge in [-0.2, -0.15) is 5.11 Å². The molecule has 3 N–H and O–H groups in total. The zero-order valence-corrected chi connectivity index (χ0v) is 5.69. The van der Waals surface area contributed by atoms with Crippen LogP contribution in [0.3, 0.4) is 0 Å². The minimum absolute atomic E-state index is 0.0301. The standard InChI is InChI=1S/C4H8N4S/c5-2-1-3-6-4(9)8-7-3/h3H,1-2,5H2,(H,6,9). The molecule has 0 aliphatic carbocycles. The Kier molecular flexibility index (Phi) is 2.07. The van der Waals surface area contributed by atoms with E-state index in [2.05, 4.69) is 15.5 Å². The van der Waals surface area contributed by atoms with Crippen LogP contribution in [0.5, 0.6) is 0 Å². The molecule has 4 nitrogen and oxygen atoms in total. The van der Waals surface area contributed by atoms with Gasteiger partial charge in [-0.15, -0.1) is 5.11 Å². The molecule has 0 bridgehead atoms. The number of hydrogen-bond donors (Lipinski definition) is 2. The lowest BCUT2D eigenvalue weighted by Gasteiger charge is -2.01. The first-order valence-corrected chi connectivity index (χ1v) is 3.15. The topological polar surface area (TPSA) is 62.8 Å². The van der Waals surface area contributed by atoms with Crippen molar-refractivity contribution >= 4 is 17.3 Å². The maximum atomic E-state index is 5.27. The number of azo groups is 1. The molecule has 0 spiro atoms. The van der Waals surface area contributed by atoms with Crippen LogP contribution in [0, 0.1) is 0 Å². The minimum Gasteiger partial charge on any atom is -0.336 e. The Morgan fingerprint density at radius 1 is 1.78 bits per heavy atom. The van der Waals surface area contributed by atoms with Gasteiger partial charge in [-0.1, -0.05) is 0 Å². The van der Waals surface area contributed by atoms with E-state index in [9.17, 15) is 0 Å². The highest BCUT2D eigenvalue weighted by atomic mass is 32.1. The number of nitrogens with two attached hydrogens (primary N) is 1. The third-order valence-electron chi connectivity index (χ3n) is 1.02. The van der Waals surface area contributed by atoms with E-state index in [-0.39, 0.29) is 6.17 Å². The molecule has 50 valence electrons. The fourth-order valence-electron chi connectivity index (χ4n) is 0.610. The SMILES string of the molecule is NCCC1N=NC(=S)N1. The molecule has 0 aromatic rings. The molecular weight excluding hydrogens is 136 g/mol. The zero-order valence-electron chi connectivity index (χ0n) is 4.87. The van der Waals surface area contributed by atoms with E-state index in [0.29, 0.717) is 11.7 Å². The second kappa shape index (κ2) is 2.84. The first kappa shape index (κ1) is 6.57. The summed E-state index contributed by atoms with van der Waals surface area (Å²) in [6.45, 7) is 0.610. The van der Waals surface area contributed by atoms with Crippen molar-refractivity contribution in [2.45, 2.75) is 12.6 Å². The Bertz CT molecular complexity index is 144. The molecule has 0 fully saturated rings. The molecule has 0 saturated carbocycles. The summed E-state index contributed by atoms with van der Waals surface area (Å²) in [7, 11) is 0. The van der Waals surface area contributed by atoms with E-state index in [4.69, 9.17) is 18.0 Å². The smallest absolute Gasteiger partial charge is 0.215 e. The maximum Gasteiger partial charge on any atom is 0.215 e. The van der Waals surface area contributed by atoms with Gasteiger partial charge in [0.15, 0.2) is 0 Å². The molecule has 0 radical (unpaired) electrons. The van der Waals surface area contributed by atoms with Gasteiger partial charge in [0, 0.05) is 6.42 Å². The summed E-state index contributed by atoms with van der Waals surface area (Å²) in [6.07, 6.45) is 0.825. The van der Waals surface area contributed by atoms with Gasteiger partial charge >= 0.3 is 0 Å². The molecule has 0 aromatic heterocycles. The van der Waals surface area contributed by atoms with Crippen LogP contribution in [0.4, 0.5) is 0 Å². The lowest BCUT2D eigenvalue weighted by atomic mass is 10.3. The van der Waals surface area contributed by atoms with E-state index in [1.807, 2.05) is 0 Å². The zero-order chi connectivity index (χ0) is 6.69. The molecule has 1 rings (SSSR count).